The van der Waals surface area contributed by atoms with E-state index in [-0.39, 0.29) is 25.2 Å². The second kappa shape index (κ2) is 9.17. The Bertz CT molecular complexity index is 913. The van der Waals surface area contributed by atoms with Gasteiger partial charge in [0.2, 0.25) is 12.7 Å². The molecule has 2 heterocycles. The lowest BCUT2D eigenvalue weighted by Gasteiger charge is -2.22. The predicted molar refractivity (Wildman–Crippen MR) is 113 cm³/mol. The number of ether oxygens (including phenoxy) is 2. The van der Waals surface area contributed by atoms with E-state index in [4.69, 9.17) is 9.47 Å². The first-order valence-corrected chi connectivity index (χ1v) is 10.3. The summed E-state index contributed by atoms with van der Waals surface area (Å²) < 4.78 is 10.6. The Hall–Kier alpha value is -3.06. The van der Waals surface area contributed by atoms with Gasteiger partial charge in [-0.15, -0.1) is 0 Å². The van der Waals surface area contributed by atoms with E-state index in [9.17, 15) is 9.59 Å². The van der Waals surface area contributed by atoms with E-state index in [0.717, 1.165) is 26.1 Å². The monoisotopic (exact) mass is 409 g/mol. The van der Waals surface area contributed by atoms with Crippen molar-refractivity contribution in [1.29, 1.82) is 0 Å². The highest BCUT2D eigenvalue weighted by molar-refractivity contribution is 5.97. The van der Waals surface area contributed by atoms with Crippen LogP contribution in [0, 0.1) is 6.92 Å². The third-order valence-electron chi connectivity index (χ3n) is 5.50. The molecule has 2 amide bonds. The molecule has 7 nitrogen and oxygen atoms in total. The molecule has 2 aliphatic rings. The number of nitrogens with one attached hydrogen (secondary N) is 1. The minimum Gasteiger partial charge on any atom is -0.454 e. The standard InChI is InChI=1S/C23H27N3O4/c1-17-3-5-18(6-4-17)15-25-9-2-10-26(12-11-25)22(27)14-24-23(28)19-7-8-20-21(13-19)30-16-29-20/h3-8,13H,2,9-12,14-16H2,1H3,(H,24,28). The molecule has 1 saturated heterocycles. The van der Waals surface area contributed by atoms with Crippen LogP contribution < -0.4 is 14.8 Å². The summed E-state index contributed by atoms with van der Waals surface area (Å²) in [4.78, 5) is 29.2. The molecule has 2 aliphatic heterocycles. The highest BCUT2D eigenvalue weighted by Crippen LogP contribution is 2.32. The second-order valence-corrected chi connectivity index (χ2v) is 7.75. The first-order chi connectivity index (χ1) is 14.6. The van der Waals surface area contributed by atoms with Gasteiger partial charge in [-0.05, 0) is 37.1 Å². The molecule has 0 bridgehead atoms. The molecule has 1 N–H and O–H groups in total. The summed E-state index contributed by atoms with van der Waals surface area (Å²) in [6, 6.07) is 13.6. The van der Waals surface area contributed by atoms with Crippen molar-refractivity contribution in [2.75, 3.05) is 39.5 Å². The molecule has 1 fully saturated rings. The predicted octanol–water partition coefficient (Wildman–Crippen LogP) is 2.19. The van der Waals surface area contributed by atoms with Crippen LogP contribution in [0.5, 0.6) is 11.5 Å². The van der Waals surface area contributed by atoms with Crippen LogP contribution in [0.3, 0.4) is 0 Å². The Morgan fingerprint density at radius 2 is 1.77 bits per heavy atom. The number of fused-ring (bicyclic) bond motifs is 1. The number of aryl methyl sites for hydroxylation is 1. The molecule has 2 aromatic carbocycles. The van der Waals surface area contributed by atoms with E-state index in [1.165, 1.54) is 11.1 Å². The summed E-state index contributed by atoms with van der Waals surface area (Å²) >= 11 is 0. The van der Waals surface area contributed by atoms with Gasteiger partial charge in [-0.25, -0.2) is 0 Å². The summed E-state index contributed by atoms with van der Waals surface area (Å²) in [5.74, 6) is 0.830. The number of rotatable bonds is 5. The van der Waals surface area contributed by atoms with Crippen molar-refractivity contribution in [2.45, 2.75) is 19.9 Å². The van der Waals surface area contributed by atoms with E-state index in [2.05, 4.69) is 41.4 Å². The van der Waals surface area contributed by atoms with Crippen LogP contribution in [0.15, 0.2) is 42.5 Å². The van der Waals surface area contributed by atoms with Gasteiger partial charge < -0.3 is 19.7 Å². The van der Waals surface area contributed by atoms with Gasteiger partial charge in [0.05, 0.1) is 6.54 Å². The second-order valence-electron chi connectivity index (χ2n) is 7.75. The average Bonchev–Trinajstić information content (AvgIpc) is 3.11. The summed E-state index contributed by atoms with van der Waals surface area (Å²) in [7, 11) is 0. The molecular weight excluding hydrogens is 382 g/mol. The molecule has 30 heavy (non-hydrogen) atoms. The number of nitrogens with zero attached hydrogens (tertiary/aromatic N) is 2. The molecule has 2 aromatic rings. The van der Waals surface area contributed by atoms with Crippen LogP contribution in [0.4, 0.5) is 0 Å². The largest absolute Gasteiger partial charge is 0.454 e. The average molecular weight is 409 g/mol. The molecule has 158 valence electrons. The van der Waals surface area contributed by atoms with Gasteiger partial charge in [0, 0.05) is 38.3 Å². The van der Waals surface area contributed by atoms with Gasteiger partial charge in [0.15, 0.2) is 11.5 Å². The smallest absolute Gasteiger partial charge is 0.251 e. The minimum absolute atomic E-state index is 0.00869. The number of amides is 2. The molecule has 0 unspecified atom stereocenters. The fourth-order valence-electron chi connectivity index (χ4n) is 3.74. The van der Waals surface area contributed by atoms with Gasteiger partial charge in [-0.3, -0.25) is 14.5 Å². The van der Waals surface area contributed by atoms with Crippen molar-refractivity contribution in [3.8, 4) is 11.5 Å². The van der Waals surface area contributed by atoms with E-state index < -0.39 is 0 Å². The van der Waals surface area contributed by atoms with Gasteiger partial charge in [0.25, 0.3) is 5.91 Å². The van der Waals surface area contributed by atoms with Gasteiger partial charge in [-0.2, -0.15) is 0 Å². The summed E-state index contributed by atoms with van der Waals surface area (Å²) in [6.45, 7) is 6.30. The maximum Gasteiger partial charge on any atom is 0.251 e. The lowest BCUT2D eigenvalue weighted by atomic mass is 10.1. The SMILES string of the molecule is Cc1ccc(CN2CCCN(C(=O)CNC(=O)c3ccc4c(c3)OCO4)CC2)cc1. The molecular formula is C23H27N3O4. The Morgan fingerprint density at radius 1 is 0.967 bits per heavy atom. The maximum atomic E-state index is 12.6. The number of benzene rings is 2. The lowest BCUT2D eigenvalue weighted by Crippen LogP contribution is -2.42. The Balaban J connectivity index is 1.25. The molecule has 0 aromatic heterocycles. The van der Waals surface area contributed by atoms with Crippen LogP contribution >= 0.6 is 0 Å². The highest BCUT2D eigenvalue weighted by Gasteiger charge is 2.21. The summed E-state index contributed by atoms with van der Waals surface area (Å²) in [6.07, 6.45) is 0.924. The van der Waals surface area contributed by atoms with Crippen molar-refractivity contribution in [3.63, 3.8) is 0 Å². The lowest BCUT2D eigenvalue weighted by molar-refractivity contribution is -0.130. The third kappa shape index (κ3) is 4.91. The first kappa shape index (κ1) is 20.2. The van der Waals surface area contributed by atoms with Crippen LogP contribution in [0.1, 0.15) is 27.9 Å². The van der Waals surface area contributed by atoms with Crippen molar-refractivity contribution in [2.24, 2.45) is 0 Å². The van der Waals surface area contributed by atoms with Crippen molar-refractivity contribution in [3.05, 3.63) is 59.2 Å². The molecule has 0 atom stereocenters. The van der Waals surface area contributed by atoms with Crippen LogP contribution in [-0.2, 0) is 11.3 Å². The highest BCUT2D eigenvalue weighted by atomic mass is 16.7. The van der Waals surface area contributed by atoms with Crippen molar-refractivity contribution in [1.82, 2.24) is 15.1 Å². The van der Waals surface area contributed by atoms with Gasteiger partial charge in [-0.1, -0.05) is 29.8 Å². The number of carbonyl (C=O) groups is 2. The quantitative estimate of drug-likeness (QED) is 0.820. The normalized spacial score (nSPS) is 16.2. The van der Waals surface area contributed by atoms with Crippen molar-refractivity contribution >= 4 is 11.8 Å². The van der Waals surface area contributed by atoms with Gasteiger partial charge in [0.1, 0.15) is 0 Å². The van der Waals surface area contributed by atoms with E-state index in [1.807, 2.05) is 4.90 Å². The van der Waals surface area contributed by atoms with Crippen LogP contribution in [0.2, 0.25) is 0 Å². The molecule has 0 radical (unpaired) electrons. The maximum absolute atomic E-state index is 12.6. The fourth-order valence-corrected chi connectivity index (χ4v) is 3.74. The Morgan fingerprint density at radius 3 is 2.60 bits per heavy atom. The third-order valence-corrected chi connectivity index (χ3v) is 5.50. The zero-order chi connectivity index (χ0) is 20.9. The molecule has 0 spiro atoms. The zero-order valence-corrected chi connectivity index (χ0v) is 17.2. The number of carbonyl (C=O) groups excluding carboxylic acids is 2. The van der Waals surface area contributed by atoms with E-state index in [0.29, 0.717) is 30.2 Å². The minimum atomic E-state index is -0.294. The first-order valence-electron chi connectivity index (χ1n) is 10.3. The summed E-state index contributed by atoms with van der Waals surface area (Å²) in [5.41, 5.74) is 3.00. The molecule has 7 heteroatoms. The number of hydrogen-bond acceptors (Lipinski definition) is 5. The van der Waals surface area contributed by atoms with Crippen LogP contribution in [-0.4, -0.2) is 61.1 Å². The van der Waals surface area contributed by atoms with E-state index >= 15 is 0 Å². The molecule has 0 saturated carbocycles. The Kier molecular flexibility index (Phi) is 6.18. The topological polar surface area (TPSA) is 71.1 Å². The Labute approximate surface area is 176 Å². The molecule has 4 rings (SSSR count). The summed E-state index contributed by atoms with van der Waals surface area (Å²) in [5, 5.41) is 2.72. The number of hydrogen-bond donors (Lipinski definition) is 1. The van der Waals surface area contributed by atoms with Crippen molar-refractivity contribution < 1.29 is 19.1 Å². The van der Waals surface area contributed by atoms with E-state index in [1.54, 1.807) is 18.2 Å². The van der Waals surface area contributed by atoms with Crippen LogP contribution in [0.25, 0.3) is 0 Å². The fraction of sp³-hybridized carbons (Fsp3) is 0.391. The zero-order valence-electron chi connectivity index (χ0n) is 17.2. The van der Waals surface area contributed by atoms with Gasteiger partial charge >= 0.3 is 0 Å². The molecule has 0 aliphatic carbocycles.